The van der Waals surface area contributed by atoms with E-state index in [4.69, 9.17) is 0 Å². The molecule has 0 N–H and O–H groups in total. The van der Waals surface area contributed by atoms with Crippen LogP contribution in [0, 0.1) is 0 Å². The van der Waals surface area contributed by atoms with Crippen molar-refractivity contribution in [2.24, 2.45) is 0 Å². The summed E-state index contributed by atoms with van der Waals surface area (Å²) in [4.78, 5) is 12.9. The Labute approximate surface area is 156 Å². The second kappa shape index (κ2) is 6.68. The minimum atomic E-state index is 0.157. The number of carbonyl (C=O) groups excluding carboxylic acids is 1. The van der Waals surface area contributed by atoms with Gasteiger partial charge in [-0.25, -0.2) is 0 Å². The molecule has 2 aromatic rings. The maximum absolute atomic E-state index is 12.9. The van der Waals surface area contributed by atoms with Gasteiger partial charge in [0, 0.05) is 12.3 Å². The highest BCUT2D eigenvalue weighted by Crippen LogP contribution is 2.47. The van der Waals surface area contributed by atoms with Crippen LogP contribution in [0.3, 0.4) is 0 Å². The van der Waals surface area contributed by atoms with Gasteiger partial charge >= 0.3 is 0 Å². The zero-order chi connectivity index (χ0) is 17.5. The zero-order valence-electron chi connectivity index (χ0n) is 15.6. The molecule has 0 aromatic heterocycles. The first kappa shape index (κ1) is 16.3. The number of hydrogen-bond donors (Lipinski definition) is 0. The van der Waals surface area contributed by atoms with Crippen molar-refractivity contribution in [2.45, 2.75) is 76.0 Å². The predicted molar refractivity (Wildman–Crippen MR) is 107 cm³/mol. The number of fused-ring (bicyclic) bond motifs is 3. The summed E-state index contributed by atoms with van der Waals surface area (Å²) in [6.45, 7) is 0. The fraction of sp³-hybridized carbons (Fsp3) is 0.480. The molecule has 1 heteroatoms. The van der Waals surface area contributed by atoms with Gasteiger partial charge in [0.2, 0.25) is 0 Å². The fourth-order valence-electron chi connectivity index (χ4n) is 5.72. The molecule has 2 fully saturated rings. The first-order valence-corrected chi connectivity index (χ1v) is 10.6. The van der Waals surface area contributed by atoms with E-state index in [1.807, 2.05) is 0 Å². The van der Waals surface area contributed by atoms with Crippen LogP contribution in [-0.2, 0) is 11.2 Å². The monoisotopic (exact) mass is 344 g/mol. The molecule has 2 aromatic carbocycles. The van der Waals surface area contributed by atoms with E-state index in [0.717, 1.165) is 25.7 Å². The maximum Gasteiger partial charge on any atom is 0.140 e. The maximum atomic E-state index is 12.9. The molecule has 1 atom stereocenters. The van der Waals surface area contributed by atoms with Gasteiger partial charge in [0.1, 0.15) is 5.78 Å². The Morgan fingerprint density at radius 2 is 1.58 bits per heavy atom. The third-order valence-electron chi connectivity index (χ3n) is 7.01. The normalized spacial score (nSPS) is 22.9. The van der Waals surface area contributed by atoms with E-state index in [0.29, 0.717) is 11.7 Å². The summed E-state index contributed by atoms with van der Waals surface area (Å²) in [6, 6.07) is 13.6. The highest BCUT2D eigenvalue weighted by Gasteiger charge is 2.33. The Kier molecular flexibility index (Phi) is 4.19. The van der Waals surface area contributed by atoms with E-state index < -0.39 is 0 Å². The van der Waals surface area contributed by atoms with Gasteiger partial charge < -0.3 is 0 Å². The van der Waals surface area contributed by atoms with Crippen molar-refractivity contribution in [2.75, 3.05) is 0 Å². The lowest BCUT2D eigenvalue weighted by Crippen LogP contribution is -2.21. The Morgan fingerprint density at radius 3 is 2.42 bits per heavy atom. The van der Waals surface area contributed by atoms with Crippen LogP contribution < -0.4 is 0 Å². The number of hydrogen-bond acceptors (Lipinski definition) is 1. The Balaban J connectivity index is 1.67. The summed E-state index contributed by atoms with van der Waals surface area (Å²) in [5.74, 6) is 1.32. The summed E-state index contributed by atoms with van der Waals surface area (Å²) in [5.41, 5.74) is 8.69. The van der Waals surface area contributed by atoms with Gasteiger partial charge in [0.15, 0.2) is 0 Å². The zero-order valence-corrected chi connectivity index (χ0v) is 15.6. The number of rotatable bonds is 2. The summed E-state index contributed by atoms with van der Waals surface area (Å²) in [5, 5.41) is 0. The van der Waals surface area contributed by atoms with E-state index in [1.165, 1.54) is 71.9 Å². The number of carbonyl (C=O) groups is 1. The molecule has 3 aliphatic rings. The minimum Gasteiger partial charge on any atom is -0.299 e. The largest absolute Gasteiger partial charge is 0.299 e. The highest BCUT2D eigenvalue weighted by molar-refractivity contribution is 5.89. The topological polar surface area (TPSA) is 17.1 Å². The summed E-state index contributed by atoms with van der Waals surface area (Å²) in [6.07, 6.45) is 11.8. The third-order valence-corrected chi connectivity index (χ3v) is 7.01. The summed E-state index contributed by atoms with van der Waals surface area (Å²) in [7, 11) is 0. The lowest BCUT2D eigenvalue weighted by atomic mass is 9.73. The van der Waals surface area contributed by atoms with E-state index in [1.54, 1.807) is 0 Å². The van der Waals surface area contributed by atoms with Crippen LogP contribution in [0.2, 0.25) is 0 Å². The molecule has 26 heavy (non-hydrogen) atoms. The van der Waals surface area contributed by atoms with Crippen LogP contribution >= 0.6 is 0 Å². The van der Waals surface area contributed by atoms with Gasteiger partial charge in [-0.05, 0) is 71.4 Å². The van der Waals surface area contributed by atoms with Crippen molar-refractivity contribution in [3.63, 3.8) is 0 Å². The van der Waals surface area contributed by atoms with Gasteiger partial charge in [0.25, 0.3) is 0 Å². The predicted octanol–water partition coefficient (Wildman–Crippen LogP) is 6.53. The van der Waals surface area contributed by atoms with Crippen LogP contribution in [0.4, 0.5) is 0 Å². The molecule has 2 saturated carbocycles. The molecular formula is C25H28O. The van der Waals surface area contributed by atoms with Gasteiger partial charge in [-0.3, -0.25) is 4.79 Å². The Morgan fingerprint density at radius 1 is 0.769 bits per heavy atom. The first-order chi connectivity index (χ1) is 12.8. The van der Waals surface area contributed by atoms with Crippen LogP contribution in [0.25, 0.3) is 11.1 Å². The van der Waals surface area contributed by atoms with Crippen molar-refractivity contribution < 1.29 is 4.79 Å². The lowest BCUT2D eigenvalue weighted by Gasteiger charge is -2.31. The SMILES string of the molecule is O=C1CCCCC1c1c(C2CCCCC2)ccc2c1Cc1ccccc1-2. The molecule has 1 unspecified atom stereocenters. The summed E-state index contributed by atoms with van der Waals surface area (Å²) >= 11 is 0. The Hall–Kier alpha value is -1.89. The van der Waals surface area contributed by atoms with Gasteiger partial charge in [-0.15, -0.1) is 0 Å². The highest BCUT2D eigenvalue weighted by atomic mass is 16.1. The molecule has 0 radical (unpaired) electrons. The molecule has 134 valence electrons. The second-order valence-corrected chi connectivity index (χ2v) is 8.53. The number of Topliss-reactive ketones (excluding diaryl/α,β-unsaturated/α-hetero) is 1. The number of ketones is 1. The average Bonchev–Trinajstić information content (AvgIpc) is 3.07. The van der Waals surface area contributed by atoms with Gasteiger partial charge in [-0.2, -0.15) is 0 Å². The van der Waals surface area contributed by atoms with Crippen LogP contribution in [0.1, 0.15) is 91.9 Å². The van der Waals surface area contributed by atoms with Crippen molar-refractivity contribution in [3.05, 3.63) is 58.7 Å². The lowest BCUT2D eigenvalue weighted by molar-refractivity contribution is -0.121. The molecule has 1 nitrogen and oxygen atoms in total. The van der Waals surface area contributed by atoms with E-state index in [2.05, 4.69) is 36.4 Å². The Bertz CT molecular complexity index is 841. The fourth-order valence-corrected chi connectivity index (χ4v) is 5.72. The molecule has 0 saturated heterocycles. The van der Waals surface area contributed by atoms with Crippen molar-refractivity contribution in [1.29, 1.82) is 0 Å². The molecule has 0 amide bonds. The molecular weight excluding hydrogens is 316 g/mol. The molecule has 3 aliphatic carbocycles. The minimum absolute atomic E-state index is 0.157. The van der Waals surface area contributed by atoms with E-state index in [-0.39, 0.29) is 5.92 Å². The number of benzene rings is 2. The van der Waals surface area contributed by atoms with Gasteiger partial charge in [0.05, 0.1) is 0 Å². The second-order valence-electron chi connectivity index (χ2n) is 8.53. The average molecular weight is 344 g/mol. The van der Waals surface area contributed by atoms with E-state index in [9.17, 15) is 4.79 Å². The van der Waals surface area contributed by atoms with E-state index >= 15 is 0 Å². The molecule has 0 aliphatic heterocycles. The van der Waals surface area contributed by atoms with Crippen molar-refractivity contribution in [3.8, 4) is 11.1 Å². The van der Waals surface area contributed by atoms with Crippen LogP contribution in [-0.4, -0.2) is 5.78 Å². The summed E-state index contributed by atoms with van der Waals surface area (Å²) < 4.78 is 0. The smallest absolute Gasteiger partial charge is 0.140 e. The van der Waals surface area contributed by atoms with Crippen LogP contribution in [0.15, 0.2) is 36.4 Å². The van der Waals surface area contributed by atoms with Gasteiger partial charge in [-0.1, -0.05) is 62.1 Å². The van der Waals surface area contributed by atoms with Crippen molar-refractivity contribution in [1.82, 2.24) is 0 Å². The first-order valence-electron chi connectivity index (χ1n) is 10.6. The molecule has 0 heterocycles. The van der Waals surface area contributed by atoms with Crippen molar-refractivity contribution >= 4 is 5.78 Å². The molecule has 0 spiro atoms. The third kappa shape index (κ3) is 2.64. The quantitative estimate of drug-likeness (QED) is 0.516. The van der Waals surface area contributed by atoms with Crippen LogP contribution in [0.5, 0.6) is 0 Å². The molecule has 5 rings (SSSR count). The molecule has 0 bridgehead atoms. The standard InChI is InChI=1S/C25H28O/c26-24-13-7-6-12-22(24)25-20(17-8-2-1-3-9-17)14-15-21-19-11-5-4-10-18(19)16-23(21)25/h4-5,10-11,14-15,17,22H,1-3,6-9,12-13,16H2.